The molecule has 0 radical (unpaired) electrons. The smallest absolute Gasteiger partial charge is 0.550 e. The molecule has 0 aliphatic heterocycles. The molecule has 0 saturated carbocycles. The van der Waals surface area contributed by atoms with Crippen molar-refractivity contribution < 1.29 is 78.4 Å². The van der Waals surface area contributed by atoms with E-state index >= 15 is 0 Å². The van der Waals surface area contributed by atoms with E-state index in [1.807, 2.05) is 0 Å². The van der Waals surface area contributed by atoms with Crippen molar-refractivity contribution in [2.75, 3.05) is 6.54 Å². The number of hydrogen-bond acceptors (Lipinski definition) is 10. The fraction of sp³-hybridized carbons (Fsp3) is 0.333. The van der Waals surface area contributed by atoms with Crippen LogP contribution in [0.15, 0.2) is 24.3 Å². The molecule has 0 bridgehead atoms. The number of rotatable bonds is 10. The van der Waals surface area contributed by atoms with Crippen LogP contribution in [0.4, 0.5) is 0 Å². The van der Waals surface area contributed by atoms with Crippen molar-refractivity contribution in [1.29, 1.82) is 0 Å². The molecule has 136 valence electrons. The summed E-state index contributed by atoms with van der Waals surface area (Å²) in [6.45, 7) is -0.356. The van der Waals surface area contributed by atoms with E-state index in [4.69, 9.17) is 10.5 Å². The third-order valence-electron chi connectivity index (χ3n) is 3.04. The maximum atomic E-state index is 11.9. The summed E-state index contributed by atoms with van der Waals surface area (Å²) in [5.41, 5.74) is 0.594. The number of hydrogen-bond donors (Lipinski definition) is 4. The van der Waals surface area contributed by atoms with Crippen LogP contribution in [0.25, 0.3) is 0 Å². The van der Waals surface area contributed by atoms with Crippen molar-refractivity contribution in [3.05, 3.63) is 35.4 Å². The second kappa shape index (κ2) is 11.8. The number of nitrogens with one attached hydrogen (secondary N) is 1. The Morgan fingerprint density at radius 3 is 2.04 bits per heavy atom. The van der Waals surface area contributed by atoms with E-state index in [2.05, 4.69) is 14.7 Å². The second-order valence-electron chi connectivity index (χ2n) is 4.70. The van der Waals surface area contributed by atoms with Gasteiger partial charge < -0.3 is 20.3 Å². The SMILES string of the molecule is O=C([O-])Cc1ccc(C(=O)NCCC(O)([P+](=O)OO)[P+](=O)OO)cc1.[Na+]. The first-order valence-electron chi connectivity index (χ1n) is 6.61. The Kier molecular flexibility index (Phi) is 11.4. The number of carboxylic acid groups (broad SMARTS) is 1. The Hall–Kier alpha value is -0.840. The van der Waals surface area contributed by atoms with Gasteiger partial charge in [-0.25, -0.2) is 10.5 Å². The Labute approximate surface area is 171 Å². The van der Waals surface area contributed by atoms with Crippen LogP contribution in [0.3, 0.4) is 0 Å². The maximum Gasteiger partial charge on any atom is 1.00 e. The van der Waals surface area contributed by atoms with Crippen LogP contribution in [0.1, 0.15) is 22.3 Å². The molecular formula is C12H14NNaO10P2+2. The number of carbonyl (C=O) groups excluding carboxylic acids is 2. The zero-order valence-corrected chi connectivity index (χ0v) is 17.3. The number of benzene rings is 1. The molecule has 0 heterocycles. The quantitative estimate of drug-likeness (QED) is 0.134. The van der Waals surface area contributed by atoms with Gasteiger partial charge in [-0.3, -0.25) is 4.79 Å². The standard InChI is InChI=1S/C12H13NO10P2.Na/c14-10(15)7-8-1-3-9(4-2-8)11(16)13-6-5-12(17,24(20)22-18)25(21)23-19;/h1-4,17H,5-7H2,(H2-2,13,14,15,16,18,19);/q;+1/p+1. The van der Waals surface area contributed by atoms with E-state index in [1.165, 1.54) is 24.3 Å². The number of aliphatic carboxylic acids is 1. The van der Waals surface area contributed by atoms with Crippen LogP contribution < -0.4 is 40.0 Å². The predicted octanol–water partition coefficient (Wildman–Crippen LogP) is -2.79. The van der Waals surface area contributed by atoms with Gasteiger partial charge in [0.25, 0.3) is 5.91 Å². The maximum absolute atomic E-state index is 11.9. The van der Waals surface area contributed by atoms with Crippen molar-refractivity contribution in [2.45, 2.75) is 17.9 Å². The summed E-state index contributed by atoms with van der Waals surface area (Å²) >= 11 is 0. The zero-order chi connectivity index (χ0) is 19.0. The molecule has 0 saturated heterocycles. The van der Waals surface area contributed by atoms with Crippen molar-refractivity contribution in [1.82, 2.24) is 5.32 Å². The molecule has 0 aliphatic rings. The minimum Gasteiger partial charge on any atom is -0.550 e. The van der Waals surface area contributed by atoms with Crippen LogP contribution in [-0.4, -0.2) is 39.1 Å². The predicted molar refractivity (Wildman–Crippen MR) is 79.7 cm³/mol. The van der Waals surface area contributed by atoms with E-state index in [9.17, 15) is 28.9 Å². The first-order valence-corrected chi connectivity index (χ1v) is 8.97. The molecular weight excluding hydrogens is 403 g/mol. The van der Waals surface area contributed by atoms with Crippen LogP contribution in [0.5, 0.6) is 0 Å². The van der Waals surface area contributed by atoms with Crippen molar-refractivity contribution in [2.24, 2.45) is 0 Å². The molecule has 2 unspecified atom stereocenters. The first kappa shape index (κ1) is 25.2. The van der Waals surface area contributed by atoms with Gasteiger partial charge in [0.2, 0.25) is 0 Å². The average molecular weight is 417 g/mol. The summed E-state index contributed by atoms with van der Waals surface area (Å²) in [6, 6.07) is 5.53. The Bertz CT molecular complexity index is 652. The van der Waals surface area contributed by atoms with Crippen molar-refractivity contribution in [3.8, 4) is 0 Å². The molecule has 0 fully saturated rings. The Morgan fingerprint density at radius 1 is 1.12 bits per heavy atom. The third kappa shape index (κ3) is 7.05. The molecule has 0 aromatic heterocycles. The van der Waals surface area contributed by atoms with Gasteiger partial charge >= 0.3 is 50.7 Å². The van der Waals surface area contributed by atoms with Gasteiger partial charge in [0.1, 0.15) is 0 Å². The van der Waals surface area contributed by atoms with E-state index in [0.717, 1.165) is 0 Å². The molecule has 1 rings (SSSR count). The molecule has 1 aromatic rings. The van der Waals surface area contributed by atoms with Gasteiger partial charge in [-0.2, -0.15) is 0 Å². The molecule has 1 amide bonds. The van der Waals surface area contributed by atoms with E-state index in [1.54, 1.807) is 0 Å². The van der Waals surface area contributed by atoms with Gasteiger partial charge in [-0.1, -0.05) is 12.1 Å². The summed E-state index contributed by atoms with van der Waals surface area (Å²) in [5, 5.41) is 36.7. The summed E-state index contributed by atoms with van der Waals surface area (Å²) in [7, 11) is -6.58. The zero-order valence-electron chi connectivity index (χ0n) is 13.5. The molecule has 14 heteroatoms. The number of amides is 1. The van der Waals surface area contributed by atoms with Gasteiger partial charge in [-0.15, -0.1) is 0 Å². The molecule has 0 spiro atoms. The molecule has 1 aromatic carbocycles. The summed E-state index contributed by atoms with van der Waals surface area (Å²) < 4.78 is 29.7. The van der Waals surface area contributed by atoms with Crippen molar-refractivity contribution >= 4 is 27.9 Å². The van der Waals surface area contributed by atoms with Crippen LogP contribution in [0.2, 0.25) is 0 Å². The minimum atomic E-state index is -3.29. The molecule has 4 N–H and O–H groups in total. The minimum absolute atomic E-state index is 0. The third-order valence-corrected chi connectivity index (χ3v) is 5.94. The fourth-order valence-electron chi connectivity index (χ4n) is 1.77. The van der Waals surface area contributed by atoms with Crippen molar-refractivity contribution in [3.63, 3.8) is 0 Å². The van der Waals surface area contributed by atoms with E-state index < -0.39 is 39.4 Å². The second-order valence-corrected chi connectivity index (χ2v) is 7.89. The summed E-state index contributed by atoms with van der Waals surface area (Å²) in [6.07, 6.45) is -0.940. The van der Waals surface area contributed by atoms with Crippen LogP contribution in [0, 0.1) is 0 Å². The largest absolute Gasteiger partial charge is 1.00 e. The normalized spacial score (nSPS) is 13.8. The molecule has 26 heavy (non-hydrogen) atoms. The van der Waals surface area contributed by atoms with Gasteiger partial charge in [0.15, 0.2) is 0 Å². The van der Waals surface area contributed by atoms with E-state index in [-0.39, 0.29) is 48.1 Å². The van der Waals surface area contributed by atoms with E-state index in [0.29, 0.717) is 5.56 Å². The average Bonchev–Trinajstić information content (AvgIpc) is 2.59. The monoisotopic (exact) mass is 417 g/mol. The first-order chi connectivity index (χ1) is 11.7. The fourth-order valence-corrected chi connectivity index (χ4v) is 3.37. The van der Waals surface area contributed by atoms with Crippen LogP contribution >= 0.6 is 16.1 Å². The topological polar surface area (TPSA) is 183 Å². The molecule has 0 aliphatic carbocycles. The van der Waals surface area contributed by atoms with Crippen LogP contribution in [-0.2, 0) is 29.7 Å². The molecule has 11 nitrogen and oxygen atoms in total. The summed E-state index contributed by atoms with van der Waals surface area (Å²) in [5.74, 6) is -1.89. The number of aliphatic hydroxyl groups is 1. The van der Waals surface area contributed by atoms with Gasteiger partial charge in [-0.05, 0) is 26.8 Å². The Morgan fingerprint density at radius 2 is 1.62 bits per heavy atom. The van der Waals surface area contributed by atoms with Gasteiger partial charge in [0, 0.05) is 33.8 Å². The number of carbonyl (C=O) groups is 2. The Balaban J connectivity index is 0.00000625. The molecule has 2 atom stereocenters. The number of carboxylic acids is 1. The summed E-state index contributed by atoms with van der Waals surface area (Å²) in [4.78, 5) is 22.4. The van der Waals surface area contributed by atoms with Gasteiger partial charge in [0.05, 0.1) is 6.42 Å².